The lowest BCUT2D eigenvalue weighted by Crippen LogP contribution is -2.22. The van der Waals surface area contributed by atoms with Crippen LogP contribution in [-0.4, -0.2) is 11.0 Å². The van der Waals surface area contributed by atoms with Gasteiger partial charge in [0.25, 0.3) is 0 Å². The Bertz CT molecular complexity index is 244. The van der Waals surface area contributed by atoms with Gasteiger partial charge in [-0.25, -0.2) is 0 Å². The number of hydrogen-bond acceptors (Lipinski definition) is 5. The van der Waals surface area contributed by atoms with Crippen LogP contribution in [0.1, 0.15) is 0 Å². The molecule has 5 heteroatoms. The third kappa shape index (κ3) is 0.520. The predicted molar refractivity (Wildman–Crippen MR) is 29.9 cm³/mol. The number of fused-ring (bicyclic) bond motifs is 1. The smallest absolute Gasteiger partial charge is 0.176 e. The van der Waals surface area contributed by atoms with E-state index < -0.39 is 0 Å². The van der Waals surface area contributed by atoms with E-state index in [1.54, 1.807) is 12.2 Å². The van der Waals surface area contributed by atoms with Crippen molar-refractivity contribution in [3.8, 4) is 0 Å². The van der Waals surface area contributed by atoms with Crippen LogP contribution in [0, 0.1) is 0 Å². The molecule has 9 heavy (non-hydrogen) atoms. The fourth-order valence-corrected chi connectivity index (χ4v) is 0.590. The summed E-state index contributed by atoms with van der Waals surface area (Å²) in [4.78, 5) is 0. The van der Waals surface area contributed by atoms with Crippen molar-refractivity contribution >= 4 is 5.87 Å². The molecule has 2 rings (SSSR count). The zero-order chi connectivity index (χ0) is 6.10. The van der Waals surface area contributed by atoms with Crippen molar-refractivity contribution in [2.24, 2.45) is 15.4 Å². The molecule has 0 bridgehead atoms. The number of hydrogen-bond donors (Lipinski definition) is 1. The van der Waals surface area contributed by atoms with E-state index in [1.165, 1.54) is 5.12 Å². The van der Waals surface area contributed by atoms with Crippen LogP contribution < -0.4 is 5.53 Å². The van der Waals surface area contributed by atoms with Gasteiger partial charge in [-0.15, -0.1) is 15.3 Å². The highest BCUT2D eigenvalue weighted by Crippen LogP contribution is 2.10. The molecule has 0 saturated carbocycles. The summed E-state index contributed by atoms with van der Waals surface area (Å²) in [5.74, 6) is 3.31. The first-order chi connectivity index (χ1) is 4.47. The Morgan fingerprint density at radius 2 is 2.67 bits per heavy atom. The van der Waals surface area contributed by atoms with Crippen LogP contribution in [0.25, 0.3) is 0 Å². The highest BCUT2D eigenvalue weighted by molar-refractivity contribution is 5.56. The van der Waals surface area contributed by atoms with Crippen molar-refractivity contribution in [2.75, 3.05) is 0 Å². The van der Waals surface area contributed by atoms with E-state index in [9.17, 15) is 0 Å². The molecule has 0 aliphatic carbocycles. The van der Waals surface area contributed by atoms with Gasteiger partial charge in [0.2, 0.25) is 0 Å². The van der Waals surface area contributed by atoms with E-state index in [-0.39, 0.29) is 0 Å². The summed E-state index contributed by atoms with van der Waals surface area (Å²) in [5.41, 5.74) is 2.53. The number of hydrazone groups is 1. The Kier molecular flexibility index (Phi) is 0.682. The second-order valence-electron chi connectivity index (χ2n) is 1.53. The normalized spacial score (nSPS) is 19.6. The summed E-state index contributed by atoms with van der Waals surface area (Å²) in [6.45, 7) is 0. The van der Waals surface area contributed by atoms with Crippen molar-refractivity contribution in [3.63, 3.8) is 0 Å². The zero-order valence-electron chi connectivity index (χ0n) is 4.44. The Balaban J connectivity index is 2.43. The van der Waals surface area contributed by atoms with E-state index in [4.69, 9.17) is 0 Å². The molecule has 0 saturated heterocycles. The van der Waals surface area contributed by atoms with Gasteiger partial charge in [0.15, 0.2) is 5.82 Å². The topological polar surface area (TPSA) is 52.4 Å². The van der Waals surface area contributed by atoms with Crippen molar-refractivity contribution in [1.82, 2.24) is 10.7 Å². The van der Waals surface area contributed by atoms with E-state index in [0.717, 1.165) is 0 Å². The standard InChI is InChI=1S/C4H3N5/c1-2-4-6-7-8-9(4)5-3-1/h1-2H,(H,6,8). The molecule has 0 amide bonds. The Labute approximate surface area is 51.0 Å². The summed E-state index contributed by atoms with van der Waals surface area (Å²) >= 11 is 0. The van der Waals surface area contributed by atoms with Crippen LogP contribution in [0.5, 0.6) is 0 Å². The maximum Gasteiger partial charge on any atom is 0.198 e. The molecule has 0 aromatic carbocycles. The highest BCUT2D eigenvalue weighted by atomic mass is 15.9. The molecule has 2 heterocycles. The first kappa shape index (κ1) is 4.29. The number of nitrogens with zero attached hydrogens (tertiary/aromatic N) is 4. The summed E-state index contributed by atoms with van der Waals surface area (Å²) in [6.07, 6.45) is 3.44. The lowest BCUT2D eigenvalue weighted by molar-refractivity contribution is 0.297. The maximum absolute atomic E-state index is 3.75. The van der Waals surface area contributed by atoms with Crippen molar-refractivity contribution in [3.05, 3.63) is 18.0 Å². The summed E-state index contributed by atoms with van der Waals surface area (Å²) in [7, 11) is 0. The maximum atomic E-state index is 3.75. The van der Waals surface area contributed by atoms with Crippen LogP contribution >= 0.6 is 0 Å². The van der Waals surface area contributed by atoms with Gasteiger partial charge in [0, 0.05) is 11.9 Å². The average molecular weight is 121 g/mol. The first-order valence-corrected chi connectivity index (χ1v) is 2.43. The molecular weight excluding hydrogens is 118 g/mol. The summed E-state index contributed by atoms with van der Waals surface area (Å²) in [5, 5.41) is 12.4. The molecule has 0 aromatic rings. The molecule has 44 valence electrons. The van der Waals surface area contributed by atoms with Gasteiger partial charge in [0.1, 0.15) is 0 Å². The van der Waals surface area contributed by atoms with Gasteiger partial charge in [-0.1, -0.05) is 0 Å². The third-order valence-corrected chi connectivity index (χ3v) is 0.974. The molecular formula is C4H3N5. The monoisotopic (exact) mass is 121 g/mol. The predicted octanol–water partition coefficient (Wildman–Crippen LogP) is 0.170. The summed E-state index contributed by atoms with van der Waals surface area (Å²) < 4.78 is 0. The molecule has 2 aliphatic rings. The van der Waals surface area contributed by atoms with Gasteiger partial charge in [0.05, 0.1) is 0 Å². The van der Waals surface area contributed by atoms with E-state index in [2.05, 4.69) is 26.8 Å². The molecule has 1 N–H and O–H groups in total. The van der Waals surface area contributed by atoms with Crippen LogP contribution in [0.2, 0.25) is 0 Å². The average Bonchev–Trinajstić information content (AvgIpc) is 2.33. The van der Waals surface area contributed by atoms with Crippen LogP contribution in [-0.2, 0) is 0 Å². The fraction of sp³-hybridized carbons (Fsp3) is 0. The summed E-state index contributed by atoms with van der Waals surface area (Å²) in [6, 6.07) is 0. The largest absolute Gasteiger partial charge is 0.198 e. The third-order valence-electron chi connectivity index (χ3n) is 0.974. The van der Waals surface area contributed by atoms with Crippen LogP contribution in [0.3, 0.4) is 0 Å². The highest BCUT2D eigenvalue weighted by Gasteiger charge is 2.12. The van der Waals surface area contributed by atoms with Gasteiger partial charge in [-0.2, -0.15) is 5.53 Å². The number of rotatable bonds is 0. The second-order valence-corrected chi connectivity index (χ2v) is 1.53. The van der Waals surface area contributed by atoms with Crippen LogP contribution in [0.4, 0.5) is 0 Å². The minimum Gasteiger partial charge on any atom is -0.176 e. The SMILES string of the molecule is C1=CC=C2N=NNN2N=1. The second kappa shape index (κ2) is 1.43. The molecule has 0 radical (unpaired) electrons. The molecule has 0 spiro atoms. The minimum absolute atomic E-state index is 0.689. The van der Waals surface area contributed by atoms with E-state index in [0.29, 0.717) is 5.82 Å². The van der Waals surface area contributed by atoms with Gasteiger partial charge < -0.3 is 0 Å². The molecule has 5 nitrogen and oxygen atoms in total. The molecule has 0 unspecified atom stereocenters. The van der Waals surface area contributed by atoms with E-state index in [1.807, 2.05) is 0 Å². The quantitative estimate of drug-likeness (QED) is 0.496. The minimum atomic E-state index is 0.689. The Morgan fingerprint density at radius 1 is 1.67 bits per heavy atom. The number of nitrogens with one attached hydrogen (secondary N) is 1. The lowest BCUT2D eigenvalue weighted by Gasteiger charge is -2.07. The van der Waals surface area contributed by atoms with Crippen LogP contribution in [0.15, 0.2) is 33.4 Å². The molecule has 0 aromatic heterocycles. The van der Waals surface area contributed by atoms with Gasteiger partial charge in [-0.3, -0.25) is 0 Å². The van der Waals surface area contributed by atoms with Gasteiger partial charge in [-0.05, 0) is 11.3 Å². The van der Waals surface area contributed by atoms with Crippen molar-refractivity contribution in [2.45, 2.75) is 0 Å². The lowest BCUT2D eigenvalue weighted by atomic mass is 10.5. The van der Waals surface area contributed by atoms with Gasteiger partial charge >= 0.3 is 0 Å². The van der Waals surface area contributed by atoms with Crippen molar-refractivity contribution in [1.29, 1.82) is 0 Å². The number of hydrazine groups is 1. The zero-order valence-corrected chi connectivity index (χ0v) is 4.44. The van der Waals surface area contributed by atoms with Crippen molar-refractivity contribution < 1.29 is 0 Å². The molecule has 0 fully saturated rings. The van der Waals surface area contributed by atoms with E-state index >= 15 is 0 Å². The first-order valence-electron chi connectivity index (χ1n) is 2.43. The molecule has 2 aliphatic heterocycles. The number of allylic oxidation sites excluding steroid dienone is 2. The Hall–Kier alpha value is -1.61. The fourth-order valence-electron chi connectivity index (χ4n) is 0.590. The molecule has 0 atom stereocenters. The Morgan fingerprint density at radius 3 is 3.56 bits per heavy atom.